The average molecular weight is 331 g/mol. The fourth-order valence-corrected chi connectivity index (χ4v) is 3.29. The molecule has 120 valence electrons. The minimum absolute atomic E-state index is 0.00945. The number of ether oxygens (including phenoxy) is 2. The van der Waals surface area contributed by atoms with Gasteiger partial charge in [-0.2, -0.15) is 0 Å². The van der Waals surface area contributed by atoms with E-state index in [1.807, 2.05) is 24.3 Å². The molecule has 23 heavy (non-hydrogen) atoms. The fourth-order valence-electron chi connectivity index (χ4n) is 2.50. The molecule has 0 radical (unpaired) electrons. The van der Waals surface area contributed by atoms with Crippen LogP contribution in [0, 0.1) is 0 Å². The molecule has 6 heteroatoms. The number of rotatable bonds is 4. The summed E-state index contributed by atoms with van der Waals surface area (Å²) in [6.07, 6.45) is 2.29. The molecule has 3 rings (SSSR count). The Kier molecular flexibility index (Phi) is 4.71. The van der Waals surface area contributed by atoms with E-state index in [0.29, 0.717) is 12.8 Å². The number of thiazole rings is 1. The lowest BCUT2D eigenvalue weighted by Crippen LogP contribution is -2.30. The highest BCUT2D eigenvalue weighted by Crippen LogP contribution is 2.26. The first-order chi connectivity index (χ1) is 11.2. The highest BCUT2D eigenvalue weighted by Gasteiger charge is 2.27. The number of nitrogens with zero attached hydrogens (tertiary/aromatic N) is 1. The lowest BCUT2D eigenvalue weighted by molar-refractivity contribution is -0.129. The van der Waals surface area contributed by atoms with E-state index in [9.17, 15) is 9.59 Å². The van der Waals surface area contributed by atoms with Crippen LogP contribution in [0.2, 0.25) is 0 Å². The molecule has 0 saturated heterocycles. The van der Waals surface area contributed by atoms with Gasteiger partial charge < -0.3 is 9.47 Å². The molecule has 1 saturated carbocycles. The van der Waals surface area contributed by atoms with Crippen LogP contribution >= 0.6 is 11.3 Å². The third kappa shape index (κ3) is 3.59. The maximum absolute atomic E-state index is 12.2. The van der Waals surface area contributed by atoms with Crippen molar-refractivity contribution in [3.8, 4) is 16.3 Å². The first kappa shape index (κ1) is 15.7. The summed E-state index contributed by atoms with van der Waals surface area (Å²) in [5.74, 6) is 0.247. The molecule has 0 unspecified atom stereocenters. The molecule has 5 nitrogen and oxygen atoms in total. The Labute approximate surface area is 138 Å². The number of carbonyl (C=O) groups excluding carboxylic acids is 2. The van der Waals surface area contributed by atoms with E-state index in [1.165, 1.54) is 11.3 Å². The maximum atomic E-state index is 12.2. The number of benzene rings is 1. The summed E-state index contributed by atoms with van der Waals surface area (Å²) in [4.78, 5) is 28.2. The van der Waals surface area contributed by atoms with Gasteiger partial charge in [-0.1, -0.05) is 0 Å². The Bertz CT molecular complexity index is 708. The number of esters is 1. The normalized spacial score (nSPS) is 17.8. The summed E-state index contributed by atoms with van der Waals surface area (Å²) in [6.45, 7) is 0. The van der Waals surface area contributed by atoms with Crippen molar-refractivity contribution in [1.82, 2.24) is 4.98 Å². The number of Topliss-reactive ketones (excluding diaryl/α,β-unsaturated/α-hetero) is 1. The largest absolute Gasteiger partial charge is 0.497 e. The number of aromatic nitrogens is 1. The first-order valence-electron chi connectivity index (χ1n) is 7.51. The molecule has 1 fully saturated rings. The van der Waals surface area contributed by atoms with Crippen molar-refractivity contribution in [2.45, 2.75) is 31.8 Å². The van der Waals surface area contributed by atoms with Crippen molar-refractivity contribution in [2.24, 2.45) is 0 Å². The molecule has 0 bridgehead atoms. The van der Waals surface area contributed by atoms with Crippen molar-refractivity contribution in [2.75, 3.05) is 7.11 Å². The molecule has 0 aliphatic heterocycles. The summed E-state index contributed by atoms with van der Waals surface area (Å²) >= 11 is 1.37. The van der Waals surface area contributed by atoms with E-state index in [4.69, 9.17) is 9.47 Å². The van der Waals surface area contributed by atoms with Crippen LogP contribution in [-0.4, -0.2) is 30.0 Å². The van der Waals surface area contributed by atoms with E-state index >= 15 is 0 Å². The molecule has 1 heterocycles. The van der Waals surface area contributed by atoms with Gasteiger partial charge in [0.25, 0.3) is 0 Å². The first-order valence-corrected chi connectivity index (χ1v) is 8.39. The SMILES string of the molecule is COc1ccc(-c2nc(C(=O)O[C@H]3CCCCC3=O)cs2)cc1. The van der Waals surface area contributed by atoms with Crippen LogP contribution in [0.4, 0.5) is 0 Å². The monoisotopic (exact) mass is 331 g/mol. The number of hydrogen-bond acceptors (Lipinski definition) is 6. The molecular weight excluding hydrogens is 314 g/mol. The van der Waals surface area contributed by atoms with Crippen LogP contribution in [0.1, 0.15) is 36.2 Å². The predicted octanol–water partition coefficient (Wildman–Crippen LogP) is 3.49. The van der Waals surface area contributed by atoms with Crippen LogP contribution in [0.25, 0.3) is 10.6 Å². The molecule has 0 N–H and O–H groups in total. The van der Waals surface area contributed by atoms with Gasteiger partial charge in [0.1, 0.15) is 10.8 Å². The summed E-state index contributed by atoms with van der Waals surface area (Å²) in [6, 6.07) is 7.46. The van der Waals surface area contributed by atoms with Gasteiger partial charge in [0.2, 0.25) is 0 Å². The van der Waals surface area contributed by atoms with Gasteiger partial charge in [-0.05, 0) is 43.5 Å². The van der Waals surface area contributed by atoms with E-state index in [1.54, 1.807) is 12.5 Å². The quantitative estimate of drug-likeness (QED) is 0.802. The van der Waals surface area contributed by atoms with Gasteiger partial charge in [-0.3, -0.25) is 4.79 Å². The lowest BCUT2D eigenvalue weighted by atomic mass is 9.96. The van der Waals surface area contributed by atoms with Gasteiger partial charge in [0.05, 0.1) is 7.11 Å². The van der Waals surface area contributed by atoms with E-state index in [-0.39, 0.29) is 11.5 Å². The van der Waals surface area contributed by atoms with Gasteiger partial charge in [-0.25, -0.2) is 9.78 Å². The minimum Gasteiger partial charge on any atom is -0.497 e. The topological polar surface area (TPSA) is 65.5 Å². The molecule has 0 spiro atoms. The van der Waals surface area contributed by atoms with Gasteiger partial charge in [0.15, 0.2) is 17.6 Å². The van der Waals surface area contributed by atoms with Crippen LogP contribution in [-0.2, 0) is 9.53 Å². The molecule has 0 amide bonds. The smallest absolute Gasteiger partial charge is 0.358 e. The van der Waals surface area contributed by atoms with Crippen molar-refractivity contribution >= 4 is 23.1 Å². The third-order valence-corrected chi connectivity index (χ3v) is 4.69. The lowest BCUT2D eigenvalue weighted by Gasteiger charge is -2.19. The number of ketones is 1. The van der Waals surface area contributed by atoms with Crippen molar-refractivity contribution in [3.05, 3.63) is 35.3 Å². The Morgan fingerprint density at radius 1 is 1.26 bits per heavy atom. The van der Waals surface area contributed by atoms with Crippen LogP contribution in [0.5, 0.6) is 5.75 Å². The Hall–Kier alpha value is -2.21. The summed E-state index contributed by atoms with van der Waals surface area (Å²) in [7, 11) is 1.61. The Balaban J connectivity index is 1.70. The summed E-state index contributed by atoms with van der Waals surface area (Å²) < 4.78 is 10.4. The number of carbonyl (C=O) groups is 2. The Morgan fingerprint density at radius 2 is 2.04 bits per heavy atom. The van der Waals surface area contributed by atoms with Crippen LogP contribution in [0.15, 0.2) is 29.6 Å². The van der Waals surface area contributed by atoms with E-state index in [0.717, 1.165) is 29.2 Å². The molecule has 1 aromatic heterocycles. The third-order valence-electron chi connectivity index (χ3n) is 3.80. The standard InChI is InChI=1S/C17H17NO4S/c1-21-12-8-6-11(7-9-12)16-18-13(10-23-16)17(20)22-15-5-3-2-4-14(15)19/h6-10,15H,2-5H2,1H3/t15-/m0/s1. The highest BCUT2D eigenvalue weighted by atomic mass is 32.1. The number of hydrogen-bond donors (Lipinski definition) is 0. The molecule has 1 aliphatic rings. The summed E-state index contributed by atoms with van der Waals surface area (Å²) in [5.41, 5.74) is 1.16. The van der Waals surface area contributed by atoms with E-state index in [2.05, 4.69) is 4.98 Å². The molecule has 1 atom stereocenters. The van der Waals surface area contributed by atoms with E-state index < -0.39 is 12.1 Å². The molecule has 1 aromatic carbocycles. The van der Waals surface area contributed by atoms with Gasteiger partial charge in [-0.15, -0.1) is 11.3 Å². The second-order valence-electron chi connectivity index (χ2n) is 5.37. The van der Waals surface area contributed by atoms with Crippen molar-refractivity contribution in [1.29, 1.82) is 0 Å². The number of methoxy groups -OCH3 is 1. The van der Waals surface area contributed by atoms with Crippen LogP contribution < -0.4 is 4.74 Å². The predicted molar refractivity (Wildman–Crippen MR) is 86.8 cm³/mol. The average Bonchev–Trinajstić information content (AvgIpc) is 3.07. The second-order valence-corrected chi connectivity index (χ2v) is 6.23. The molecular formula is C17H17NO4S. The van der Waals surface area contributed by atoms with Crippen molar-refractivity contribution in [3.63, 3.8) is 0 Å². The van der Waals surface area contributed by atoms with Gasteiger partial charge in [0, 0.05) is 17.4 Å². The molecule has 2 aromatic rings. The Morgan fingerprint density at radius 3 is 2.74 bits per heavy atom. The fraction of sp³-hybridized carbons (Fsp3) is 0.353. The highest BCUT2D eigenvalue weighted by molar-refractivity contribution is 7.13. The van der Waals surface area contributed by atoms with Crippen LogP contribution in [0.3, 0.4) is 0 Å². The van der Waals surface area contributed by atoms with Gasteiger partial charge >= 0.3 is 5.97 Å². The molecule has 1 aliphatic carbocycles. The van der Waals surface area contributed by atoms with Crippen molar-refractivity contribution < 1.29 is 19.1 Å². The second kappa shape index (κ2) is 6.91. The zero-order chi connectivity index (χ0) is 16.2. The zero-order valence-corrected chi connectivity index (χ0v) is 13.6. The summed E-state index contributed by atoms with van der Waals surface area (Å²) in [5, 5.41) is 2.39. The maximum Gasteiger partial charge on any atom is 0.358 e. The zero-order valence-electron chi connectivity index (χ0n) is 12.8. The minimum atomic E-state index is -0.609.